The van der Waals surface area contributed by atoms with Crippen LogP contribution in [0.4, 0.5) is 4.39 Å². The van der Waals surface area contributed by atoms with Crippen LogP contribution in [0.25, 0.3) is 21.7 Å². The summed E-state index contributed by atoms with van der Waals surface area (Å²) in [6.45, 7) is 1.72. The number of aromatic nitrogens is 3. The number of thiazole rings is 1. The summed E-state index contributed by atoms with van der Waals surface area (Å²) >= 11 is 7.44. The molecule has 0 unspecified atom stereocenters. The van der Waals surface area contributed by atoms with Gasteiger partial charge < -0.3 is 4.42 Å². The molecule has 25 heavy (non-hydrogen) atoms. The van der Waals surface area contributed by atoms with Gasteiger partial charge in [-0.25, -0.2) is 14.1 Å². The molecule has 1 aromatic carbocycles. The summed E-state index contributed by atoms with van der Waals surface area (Å²) in [4.78, 5) is 17.0. The minimum Gasteiger partial charge on any atom is -0.463 e. The number of furan rings is 1. The fraction of sp³-hybridized carbons (Fsp3) is 0.118. The van der Waals surface area contributed by atoms with E-state index in [1.165, 1.54) is 34.4 Å². The Morgan fingerprint density at radius 2 is 2.16 bits per heavy atom. The van der Waals surface area contributed by atoms with Gasteiger partial charge in [-0.15, -0.1) is 11.3 Å². The highest BCUT2D eigenvalue weighted by molar-refractivity contribution is 7.19. The maximum absolute atomic E-state index is 14.1. The molecule has 0 fully saturated rings. The smallest absolute Gasteiger partial charge is 0.294 e. The summed E-state index contributed by atoms with van der Waals surface area (Å²) in [5.41, 5.74) is 0.596. The van der Waals surface area contributed by atoms with Gasteiger partial charge in [-0.05, 0) is 31.2 Å². The first-order valence-corrected chi connectivity index (χ1v) is 8.59. The van der Waals surface area contributed by atoms with E-state index in [0.29, 0.717) is 16.2 Å². The van der Waals surface area contributed by atoms with E-state index in [1.807, 2.05) is 6.92 Å². The van der Waals surface area contributed by atoms with Crippen LogP contribution in [-0.4, -0.2) is 14.8 Å². The summed E-state index contributed by atoms with van der Waals surface area (Å²) < 4.78 is 21.3. The van der Waals surface area contributed by atoms with Crippen molar-refractivity contribution >= 4 is 33.2 Å². The largest absolute Gasteiger partial charge is 0.463 e. The first kappa shape index (κ1) is 16.0. The van der Waals surface area contributed by atoms with Gasteiger partial charge in [0.05, 0.1) is 22.5 Å². The number of aryl methyl sites for hydroxylation is 1. The van der Waals surface area contributed by atoms with Crippen molar-refractivity contribution in [1.82, 2.24) is 14.8 Å². The molecule has 0 saturated carbocycles. The quantitative estimate of drug-likeness (QED) is 0.536. The third kappa shape index (κ3) is 2.75. The van der Waals surface area contributed by atoms with E-state index in [9.17, 15) is 9.18 Å². The van der Waals surface area contributed by atoms with Gasteiger partial charge >= 0.3 is 0 Å². The second-order valence-corrected chi connectivity index (χ2v) is 7.01. The highest BCUT2D eigenvalue weighted by Crippen LogP contribution is 2.30. The van der Waals surface area contributed by atoms with E-state index < -0.39 is 11.4 Å². The average Bonchev–Trinajstić information content (AvgIpc) is 3.22. The molecule has 0 spiro atoms. The molecule has 0 aliphatic carbocycles. The fourth-order valence-electron chi connectivity index (χ4n) is 2.58. The molecule has 0 aliphatic heterocycles. The second-order valence-electron chi connectivity index (χ2n) is 5.40. The Bertz CT molecular complexity index is 1110. The number of hydrogen-bond acceptors (Lipinski definition) is 5. The Hall–Kier alpha value is -2.51. The normalized spacial score (nSPS) is 11.3. The maximum Gasteiger partial charge on any atom is 0.294 e. The molecule has 3 aromatic heterocycles. The summed E-state index contributed by atoms with van der Waals surface area (Å²) in [5.74, 6) is 0.0253. The fourth-order valence-corrected chi connectivity index (χ4v) is 3.70. The lowest BCUT2D eigenvalue weighted by molar-refractivity contribution is 0.561. The Balaban J connectivity index is 1.96. The van der Waals surface area contributed by atoms with Gasteiger partial charge in [0.2, 0.25) is 0 Å². The lowest BCUT2D eigenvalue weighted by atomic mass is 10.2. The van der Waals surface area contributed by atoms with Crippen LogP contribution in [0.15, 0.2) is 45.8 Å². The zero-order valence-electron chi connectivity index (χ0n) is 13.0. The number of halogens is 2. The molecule has 3 heterocycles. The highest BCUT2D eigenvalue weighted by atomic mass is 35.5. The number of hydrogen-bond donors (Lipinski definition) is 0. The molecule has 0 amide bonds. The Morgan fingerprint density at radius 1 is 1.32 bits per heavy atom. The van der Waals surface area contributed by atoms with Crippen LogP contribution in [0.5, 0.6) is 0 Å². The van der Waals surface area contributed by atoms with Crippen molar-refractivity contribution in [2.75, 3.05) is 0 Å². The zero-order chi connectivity index (χ0) is 17.6. The molecule has 4 rings (SSSR count). The van der Waals surface area contributed by atoms with Crippen LogP contribution in [0.1, 0.15) is 10.6 Å². The topological polar surface area (TPSA) is 60.9 Å². The standard InChI is InChI=1S/C17H11ClFN3O2S/c1-9-20-15-16(25-9)14(13-6-3-7-24-13)21-22(17(15)23)8-10-11(18)4-2-5-12(10)19/h2-7H,8H2,1H3. The van der Waals surface area contributed by atoms with Crippen molar-refractivity contribution in [2.24, 2.45) is 0 Å². The maximum atomic E-state index is 14.1. The monoisotopic (exact) mass is 375 g/mol. The lowest BCUT2D eigenvalue weighted by Crippen LogP contribution is -2.25. The van der Waals surface area contributed by atoms with Crippen molar-refractivity contribution in [1.29, 1.82) is 0 Å². The number of benzene rings is 1. The molecule has 4 aromatic rings. The average molecular weight is 376 g/mol. The van der Waals surface area contributed by atoms with Crippen molar-refractivity contribution in [3.8, 4) is 11.5 Å². The number of fused-ring (bicyclic) bond motifs is 1. The van der Waals surface area contributed by atoms with Gasteiger partial charge in [0.25, 0.3) is 5.56 Å². The van der Waals surface area contributed by atoms with Crippen molar-refractivity contribution in [2.45, 2.75) is 13.5 Å². The molecule has 0 atom stereocenters. The molecule has 8 heteroatoms. The predicted octanol–water partition coefficient (Wildman–Crippen LogP) is 4.26. The molecule has 0 saturated heterocycles. The first-order valence-electron chi connectivity index (χ1n) is 7.39. The van der Waals surface area contributed by atoms with Gasteiger partial charge in [0.1, 0.15) is 11.5 Å². The third-order valence-electron chi connectivity index (χ3n) is 3.73. The molecule has 126 valence electrons. The number of rotatable bonds is 3. The molecule has 0 N–H and O–H groups in total. The van der Waals surface area contributed by atoms with Gasteiger partial charge in [-0.1, -0.05) is 17.7 Å². The van der Waals surface area contributed by atoms with Crippen LogP contribution < -0.4 is 5.56 Å². The van der Waals surface area contributed by atoms with Gasteiger partial charge in [0.15, 0.2) is 11.3 Å². The Morgan fingerprint density at radius 3 is 2.88 bits per heavy atom. The van der Waals surface area contributed by atoms with E-state index in [0.717, 1.165) is 5.01 Å². The van der Waals surface area contributed by atoms with E-state index in [4.69, 9.17) is 16.0 Å². The molecular formula is C17H11ClFN3O2S. The van der Waals surface area contributed by atoms with E-state index in [-0.39, 0.29) is 22.6 Å². The van der Waals surface area contributed by atoms with Gasteiger partial charge in [-0.2, -0.15) is 5.10 Å². The van der Waals surface area contributed by atoms with Crippen LogP contribution in [0, 0.1) is 12.7 Å². The molecular weight excluding hydrogens is 365 g/mol. The van der Waals surface area contributed by atoms with Crippen LogP contribution >= 0.6 is 22.9 Å². The summed E-state index contributed by atoms with van der Waals surface area (Å²) in [7, 11) is 0. The van der Waals surface area contributed by atoms with Crippen LogP contribution in [0.3, 0.4) is 0 Å². The summed E-state index contributed by atoms with van der Waals surface area (Å²) in [6.07, 6.45) is 1.53. The van der Waals surface area contributed by atoms with Crippen molar-refractivity contribution in [3.63, 3.8) is 0 Å². The van der Waals surface area contributed by atoms with Crippen molar-refractivity contribution in [3.05, 3.63) is 68.4 Å². The lowest BCUT2D eigenvalue weighted by Gasteiger charge is -2.09. The zero-order valence-corrected chi connectivity index (χ0v) is 14.6. The highest BCUT2D eigenvalue weighted by Gasteiger charge is 2.19. The first-order chi connectivity index (χ1) is 12.0. The van der Waals surface area contributed by atoms with Crippen molar-refractivity contribution < 1.29 is 8.81 Å². The minimum absolute atomic E-state index is 0.0927. The summed E-state index contributed by atoms with van der Waals surface area (Å²) in [6, 6.07) is 7.87. The summed E-state index contributed by atoms with van der Waals surface area (Å²) in [5, 5.41) is 5.37. The van der Waals surface area contributed by atoms with Gasteiger partial charge in [-0.3, -0.25) is 4.79 Å². The van der Waals surface area contributed by atoms with Crippen LogP contribution in [-0.2, 0) is 6.54 Å². The molecule has 0 radical (unpaired) electrons. The van der Waals surface area contributed by atoms with E-state index in [1.54, 1.807) is 18.2 Å². The SMILES string of the molecule is Cc1nc2c(=O)n(Cc3c(F)cccc3Cl)nc(-c3ccco3)c2s1. The molecule has 5 nitrogen and oxygen atoms in total. The van der Waals surface area contributed by atoms with Crippen LogP contribution in [0.2, 0.25) is 5.02 Å². The third-order valence-corrected chi connectivity index (χ3v) is 5.06. The van der Waals surface area contributed by atoms with E-state index in [2.05, 4.69) is 10.1 Å². The van der Waals surface area contributed by atoms with E-state index >= 15 is 0 Å². The molecule has 0 bridgehead atoms. The minimum atomic E-state index is -0.490. The predicted molar refractivity (Wildman–Crippen MR) is 94.6 cm³/mol. The number of nitrogens with zero attached hydrogens (tertiary/aromatic N) is 3. The van der Waals surface area contributed by atoms with Gasteiger partial charge in [0, 0.05) is 10.6 Å². The Labute approximate surface area is 150 Å². The second kappa shape index (κ2) is 6.09. The Kier molecular flexibility index (Phi) is 3.89. The molecule has 0 aliphatic rings.